The zero-order valence-corrected chi connectivity index (χ0v) is 17.3. The van der Waals surface area contributed by atoms with Crippen LogP contribution in [0.2, 0.25) is 0 Å². The van der Waals surface area contributed by atoms with E-state index in [0.717, 1.165) is 55.6 Å². The van der Waals surface area contributed by atoms with Gasteiger partial charge in [0.25, 0.3) is 5.91 Å². The second-order valence-electron chi connectivity index (χ2n) is 8.16. The molecule has 0 spiro atoms. The quantitative estimate of drug-likeness (QED) is 0.708. The van der Waals surface area contributed by atoms with Crippen molar-refractivity contribution in [2.45, 2.75) is 64.6 Å². The van der Waals surface area contributed by atoms with Gasteiger partial charge in [-0.05, 0) is 69.0 Å². The number of aromatic amines is 1. The highest BCUT2D eigenvalue weighted by molar-refractivity contribution is 7.09. The molecule has 5 nitrogen and oxygen atoms in total. The van der Waals surface area contributed by atoms with Crippen LogP contribution in [-0.4, -0.2) is 37.7 Å². The van der Waals surface area contributed by atoms with Crippen molar-refractivity contribution in [3.05, 3.63) is 62.9 Å². The number of amides is 1. The Morgan fingerprint density at radius 3 is 2.93 bits per heavy atom. The van der Waals surface area contributed by atoms with E-state index in [0.29, 0.717) is 6.04 Å². The van der Waals surface area contributed by atoms with Gasteiger partial charge in [-0.1, -0.05) is 6.07 Å². The number of carbonyl (C=O) groups excluding carboxylic acids is 1. The van der Waals surface area contributed by atoms with Crippen LogP contribution in [0.1, 0.15) is 57.1 Å². The van der Waals surface area contributed by atoms with E-state index >= 15 is 0 Å². The molecule has 3 aromatic heterocycles. The average molecular weight is 395 g/mol. The fourth-order valence-corrected chi connectivity index (χ4v) is 5.27. The molecule has 0 saturated heterocycles. The molecule has 2 aliphatic rings. The van der Waals surface area contributed by atoms with E-state index in [1.807, 2.05) is 6.20 Å². The van der Waals surface area contributed by atoms with Gasteiger partial charge < -0.3 is 9.47 Å². The number of hydrogen-bond donors (Lipinski definition) is 1. The van der Waals surface area contributed by atoms with Crippen LogP contribution in [0.4, 0.5) is 0 Å². The summed E-state index contributed by atoms with van der Waals surface area (Å²) in [5.41, 5.74) is 5.64. The number of thiophene rings is 1. The normalized spacial score (nSPS) is 18.9. The Hall–Kier alpha value is -2.34. The minimum absolute atomic E-state index is 0.213. The zero-order valence-electron chi connectivity index (χ0n) is 16.4. The third kappa shape index (κ3) is 3.09. The van der Waals surface area contributed by atoms with Crippen LogP contribution in [0.25, 0.3) is 0 Å². The average Bonchev–Trinajstić information content (AvgIpc) is 3.09. The fraction of sp³-hybridized carbons (Fsp3) is 0.455. The Balaban J connectivity index is 1.43. The summed E-state index contributed by atoms with van der Waals surface area (Å²) in [6.45, 7) is 5.04. The molecule has 28 heavy (non-hydrogen) atoms. The summed E-state index contributed by atoms with van der Waals surface area (Å²) in [6, 6.07) is 7.03. The van der Waals surface area contributed by atoms with Gasteiger partial charge in [0.15, 0.2) is 0 Å². The summed E-state index contributed by atoms with van der Waals surface area (Å²) < 4.78 is 2.28. The number of aromatic nitrogens is 3. The van der Waals surface area contributed by atoms with Crippen molar-refractivity contribution in [2.75, 3.05) is 0 Å². The first kappa shape index (κ1) is 17.7. The molecular formula is C22H26N4OS. The molecule has 6 heteroatoms. The van der Waals surface area contributed by atoms with E-state index in [4.69, 9.17) is 0 Å². The van der Waals surface area contributed by atoms with Crippen molar-refractivity contribution in [3.63, 3.8) is 0 Å². The second kappa shape index (κ2) is 6.92. The van der Waals surface area contributed by atoms with Crippen LogP contribution >= 0.6 is 11.3 Å². The maximum absolute atomic E-state index is 13.7. The number of rotatable bonds is 5. The summed E-state index contributed by atoms with van der Waals surface area (Å²) in [5, 5.41) is 9.41. The van der Waals surface area contributed by atoms with E-state index < -0.39 is 0 Å². The monoisotopic (exact) mass is 394 g/mol. The molecule has 0 aliphatic heterocycles. The molecule has 3 heterocycles. The van der Waals surface area contributed by atoms with Crippen molar-refractivity contribution < 1.29 is 4.79 Å². The fourth-order valence-electron chi connectivity index (χ4n) is 4.58. The van der Waals surface area contributed by atoms with Crippen molar-refractivity contribution in [1.82, 2.24) is 19.7 Å². The number of nitrogens with one attached hydrogen (secondary N) is 1. The van der Waals surface area contributed by atoms with Gasteiger partial charge in [0, 0.05) is 34.0 Å². The van der Waals surface area contributed by atoms with E-state index in [2.05, 4.69) is 57.1 Å². The summed E-state index contributed by atoms with van der Waals surface area (Å²) in [6.07, 6.45) is 7.12. The molecule has 1 N–H and O–H groups in total. The summed E-state index contributed by atoms with van der Waals surface area (Å²) in [4.78, 5) is 17.2. The molecule has 0 bridgehead atoms. The molecule has 146 valence electrons. The lowest BCUT2D eigenvalue weighted by Gasteiger charge is -2.34. The van der Waals surface area contributed by atoms with Crippen LogP contribution in [0, 0.1) is 13.8 Å². The van der Waals surface area contributed by atoms with E-state index in [1.165, 1.54) is 16.1 Å². The van der Waals surface area contributed by atoms with Crippen LogP contribution in [0.5, 0.6) is 0 Å². The maximum atomic E-state index is 13.7. The van der Waals surface area contributed by atoms with Gasteiger partial charge >= 0.3 is 0 Å². The van der Waals surface area contributed by atoms with Crippen LogP contribution in [0.3, 0.4) is 0 Å². The van der Waals surface area contributed by atoms with E-state index in [9.17, 15) is 4.79 Å². The van der Waals surface area contributed by atoms with E-state index in [1.54, 1.807) is 11.3 Å². The maximum Gasteiger partial charge on any atom is 0.256 e. The van der Waals surface area contributed by atoms with Crippen LogP contribution in [0.15, 0.2) is 29.8 Å². The standard InChI is InChI=1S/C22H26N4OS/c1-14-10-20(15(2)25(14)13-19-4-3-9-28-19)22(27)26(17-5-6-17)18-7-8-21-16(11-18)12-23-24-21/h3-4,9-10,12,17-18H,5-8,11,13H2,1-2H3,(H,23,24). The van der Waals surface area contributed by atoms with Gasteiger partial charge in [-0.25, -0.2) is 0 Å². The van der Waals surface area contributed by atoms with Gasteiger partial charge in [-0.15, -0.1) is 11.3 Å². The van der Waals surface area contributed by atoms with Gasteiger partial charge in [-0.3, -0.25) is 9.89 Å². The number of aryl methyl sites for hydroxylation is 2. The minimum atomic E-state index is 0.213. The molecule has 0 radical (unpaired) electrons. The molecule has 3 aromatic rings. The highest BCUT2D eigenvalue weighted by Crippen LogP contribution is 2.35. The third-order valence-electron chi connectivity index (χ3n) is 6.26. The molecule has 1 fully saturated rings. The van der Waals surface area contributed by atoms with Gasteiger partial charge in [0.1, 0.15) is 0 Å². The largest absolute Gasteiger partial charge is 0.343 e. The highest BCUT2D eigenvalue weighted by Gasteiger charge is 2.40. The molecular weight excluding hydrogens is 368 g/mol. The van der Waals surface area contributed by atoms with Crippen molar-refractivity contribution >= 4 is 17.2 Å². The Morgan fingerprint density at radius 2 is 2.18 bits per heavy atom. The number of carbonyl (C=O) groups is 1. The number of nitrogens with zero attached hydrogens (tertiary/aromatic N) is 3. The zero-order chi connectivity index (χ0) is 19.3. The lowest BCUT2D eigenvalue weighted by atomic mass is 9.92. The Kier molecular flexibility index (Phi) is 4.38. The summed E-state index contributed by atoms with van der Waals surface area (Å²) in [7, 11) is 0. The van der Waals surface area contributed by atoms with Crippen molar-refractivity contribution in [3.8, 4) is 0 Å². The number of H-pyrrole nitrogens is 1. The topological polar surface area (TPSA) is 53.9 Å². The molecule has 1 unspecified atom stereocenters. The predicted molar refractivity (Wildman–Crippen MR) is 111 cm³/mol. The highest BCUT2D eigenvalue weighted by atomic mass is 32.1. The Labute approximate surface area is 169 Å². The summed E-state index contributed by atoms with van der Waals surface area (Å²) >= 11 is 1.77. The molecule has 1 atom stereocenters. The lowest BCUT2D eigenvalue weighted by molar-refractivity contribution is 0.0642. The third-order valence-corrected chi connectivity index (χ3v) is 7.12. The number of hydrogen-bond acceptors (Lipinski definition) is 3. The summed E-state index contributed by atoms with van der Waals surface area (Å²) in [5.74, 6) is 0.213. The minimum Gasteiger partial charge on any atom is -0.343 e. The smallest absolute Gasteiger partial charge is 0.256 e. The first-order valence-electron chi connectivity index (χ1n) is 10.1. The van der Waals surface area contributed by atoms with E-state index in [-0.39, 0.29) is 11.9 Å². The Morgan fingerprint density at radius 1 is 1.32 bits per heavy atom. The van der Waals surface area contributed by atoms with Crippen molar-refractivity contribution in [2.24, 2.45) is 0 Å². The number of fused-ring (bicyclic) bond motifs is 1. The predicted octanol–water partition coefficient (Wildman–Crippen LogP) is 4.10. The van der Waals surface area contributed by atoms with Gasteiger partial charge in [-0.2, -0.15) is 5.10 Å². The molecule has 5 rings (SSSR count). The lowest BCUT2D eigenvalue weighted by Crippen LogP contribution is -2.45. The molecule has 0 aromatic carbocycles. The van der Waals surface area contributed by atoms with Gasteiger partial charge in [0.05, 0.1) is 18.3 Å². The SMILES string of the molecule is Cc1cc(C(=O)N(C2CC2)C2CCc3[nH]ncc3C2)c(C)n1Cc1cccs1. The molecule has 1 saturated carbocycles. The van der Waals surface area contributed by atoms with Crippen LogP contribution in [-0.2, 0) is 19.4 Å². The second-order valence-corrected chi connectivity index (χ2v) is 9.20. The first-order valence-corrected chi connectivity index (χ1v) is 11.0. The Bertz CT molecular complexity index is 996. The van der Waals surface area contributed by atoms with Gasteiger partial charge in [0.2, 0.25) is 0 Å². The van der Waals surface area contributed by atoms with Crippen molar-refractivity contribution in [1.29, 1.82) is 0 Å². The van der Waals surface area contributed by atoms with Crippen LogP contribution < -0.4 is 0 Å². The molecule has 1 amide bonds. The first-order chi connectivity index (χ1) is 13.6. The molecule has 2 aliphatic carbocycles.